The summed E-state index contributed by atoms with van der Waals surface area (Å²) < 4.78 is 9.87. The zero-order valence-electron chi connectivity index (χ0n) is 8.01. The van der Waals surface area contributed by atoms with E-state index in [1.807, 2.05) is 6.92 Å². The molecule has 0 aromatic rings. The molecule has 5 heteroatoms. The van der Waals surface area contributed by atoms with Crippen molar-refractivity contribution in [2.45, 2.75) is 13.0 Å². The minimum Gasteiger partial charge on any atom is -0.383 e. The molecule has 0 saturated heterocycles. The summed E-state index contributed by atoms with van der Waals surface area (Å²) in [7, 11) is 1.60. The van der Waals surface area contributed by atoms with Gasteiger partial charge in [0.1, 0.15) is 6.61 Å². The highest BCUT2D eigenvalue weighted by atomic mass is 79.9. The van der Waals surface area contributed by atoms with E-state index in [1.54, 1.807) is 7.11 Å². The lowest BCUT2D eigenvalue weighted by molar-refractivity contribution is -0.126. The van der Waals surface area contributed by atoms with Crippen molar-refractivity contribution in [3.63, 3.8) is 0 Å². The quantitative estimate of drug-likeness (QED) is 0.675. The number of hydrogen-bond acceptors (Lipinski definition) is 3. The number of rotatable bonds is 7. The average Bonchev–Trinajstić information content (AvgIpc) is 2.14. The minimum absolute atomic E-state index is 0.0120. The number of hydrogen-bond donors (Lipinski definition) is 1. The summed E-state index contributed by atoms with van der Waals surface area (Å²) in [5.74, 6) is -0.108. The number of carbonyl (C=O) groups excluding carboxylic acids is 1. The summed E-state index contributed by atoms with van der Waals surface area (Å²) in [6.45, 7) is 3.02. The first-order chi connectivity index (χ1) is 6.24. The first-order valence-electron chi connectivity index (χ1n) is 4.16. The molecule has 1 N–H and O–H groups in total. The van der Waals surface area contributed by atoms with Crippen molar-refractivity contribution >= 4 is 21.8 Å². The number of nitrogens with one attached hydrogen (secondary N) is 1. The molecule has 78 valence electrons. The number of methoxy groups -OCH3 is 1. The summed E-state index contributed by atoms with van der Waals surface area (Å²) in [5.41, 5.74) is 0. The number of alkyl halides is 1. The summed E-state index contributed by atoms with van der Waals surface area (Å²) >= 11 is 3.28. The second-order valence-electron chi connectivity index (χ2n) is 2.51. The molecule has 0 aromatic heterocycles. The highest BCUT2D eigenvalue weighted by molar-refractivity contribution is 9.09. The molecule has 0 saturated carbocycles. The molecule has 1 unspecified atom stereocenters. The molecule has 0 heterocycles. The molecule has 1 amide bonds. The van der Waals surface area contributed by atoms with Crippen LogP contribution >= 0.6 is 15.9 Å². The third-order valence-corrected chi connectivity index (χ3v) is 2.14. The second-order valence-corrected chi connectivity index (χ2v) is 3.16. The lowest BCUT2D eigenvalue weighted by Crippen LogP contribution is -2.41. The molecule has 4 nitrogen and oxygen atoms in total. The number of halogens is 1. The van der Waals surface area contributed by atoms with Gasteiger partial charge in [-0.2, -0.15) is 0 Å². The van der Waals surface area contributed by atoms with Crippen LogP contribution < -0.4 is 5.32 Å². The van der Waals surface area contributed by atoms with Gasteiger partial charge in [-0.3, -0.25) is 4.79 Å². The maximum atomic E-state index is 11.1. The van der Waals surface area contributed by atoms with E-state index in [9.17, 15) is 4.79 Å². The Kier molecular flexibility index (Phi) is 8.38. The van der Waals surface area contributed by atoms with Crippen molar-refractivity contribution in [3.05, 3.63) is 0 Å². The zero-order valence-corrected chi connectivity index (χ0v) is 9.59. The summed E-state index contributed by atoms with van der Waals surface area (Å²) in [5, 5.41) is 3.45. The van der Waals surface area contributed by atoms with E-state index in [2.05, 4.69) is 21.2 Å². The second kappa shape index (κ2) is 8.47. The van der Waals surface area contributed by atoms with Crippen molar-refractivity contribution in [2.75, 3.05) is 32.3 Å². The highest BCUT2D eigenvalue weighted by Crippen LogP contribution is 1.91. The third-order valence-electron chi connectivity index (χ3n) is 1.36. The average molecular weight is 254 g/mol. The molecule has 0 aliphatic heterocycles. The van der Waals surface area contributed by atoms with Gasteiger partial charge in [0.15, 0.2) is 0 Å². The summed E-state index contributed by atoms with van der Waals surface area (Å²) in [4.78, 5) is 11.1. The maximum Gasteiger partial charge on any atom is 0.246 e. The van der Waals surface area contributed by atoms with E-state index >= 15 is 0 Å². The summed E-state index contributed by atoms with van der Waals surface area (Å²) in [6.07, 6.45) is 0. The molecular formula is C8H16BrNO3. The molecule has 0 rings (SSSR count). The van der Waals surface area contributed by atoms with E-state index in [1.165, 1.54) is 0 Å². The van der Waals surface area contributed by atoms with Gasteiger partial charge < -0.3 is 14.8 Å². The Labute approximate surface area is 87.1 Å². The van der Waals surface area contributed by atoms with Crippen LogP contribution in [0.5, 0.6) is 0 Å². The fourth-order valence-electron chi connectivity index (χ4n) is 0.790. The number of amides is 1. The van der Waals surface area contributed by atoms with Crippen LogP contribution in [0, 0.1) is 0 Å². The first-order valence-corrected chi connectivity index (χ1v) is 5.28. The Balaban J connectivity index is 3.60. The van der Waals surface area contributed by atoms with Gasteiger partial charge in [-0.05, 0) is 6.92 Å². The van der Waals surface area contributed by atoms with E-state index < -0.39 is 0 Å². The number of ether oxygens (including phenoxy) is 2. The van der Waals surface area contributed by atoms with Crippen LogP contribution in [0.2, 0.25) is 0 Å². The molecule has 0 aromatic carbocycles. The van der Waals surface area contributed by atoms with Crippen molar-refractivity contribution in [3.8, 4) is 0 Å². The molecule has 0 bridgehead atoms. The Morgan fingerprint density at radius 3 is 2.77 bits per heavy atom. The van der Waals surface area contributed by atoms with E-state index in [0.717, 1.165) is 0 Å². The Hall–Kier alpha value is -0.130. The molecule has 0 radical (unpaired) electrons. The lowest BCUT2D eigenvalue weighted by atomic mass is 10.3. The third kappa shape index (κ3) is 6.98. The Bertz CT molecular complexity index is 143. The first kappa shape index (κ1) is 12.9. The molecule has 1 atom stereocenters. The van der Waals surface area contributed by atoms with Crippen LogP contribution in [0.15, 0.2) is 0 Å². The molecule has 0 fully saturated rings. The zero-order chi connectivity index (χ0) is 10.1. The van der Waals surface area contributed by atoms with Crippen molar-refractivity contribution in [1.82, 2.24) is 5.32 Å². The van der Waals surface area contributed by atoms with Gasteiger partial charge in [-0.15, -0.1) is 0 Å². The van der Waals surface area contributed by atoms with Gasteiger partial charge in [0.2, 0.25) is 5.91 Å². The van der Waals surface area contributed by atoms with Crippen LogP contribution in [0.25, 0.3) is 0 Å². The normalized spacial score (nSPS) is 12.5. The topological polar surface area (TPSA) is 47.6 Å². The summed E-state index contributed by atoms with van der Waals surface area (Å²) in [6, 6.07) is 0.0120. The SMILES string of the molecule is CCOCC(=O)NC(CBr)COC. The molecular weight excluding hydrogens is 238 g/mol. The number of carbonyl (C=O) groups is 1. The maximum absolute atomic E-state index is 11.1. The van der Waals surface area contributed by atoms with Crippen molar-refractivity contribution < 1.29 is 14.3 Å². The van der Waals surface area contributed by atoms with Gasteiger partial charge in [0, 0.05) is 19.0 Å². The standard InChI is InChI=1S/C8H16BrNO3/c1-3-13-6-8(11)10-7(4-9)5-12-2/h7H,3-6H2,1-2H3,(H,10,11). The predicted molar refractivity (Wildman–Crippen MR) is 54.1 cm³/mol. The molecule has 0 spiro atoms. The molecule has 13 heavy (non-hydrogen) atoms. The fraction of sp³-hybridized carbons (Fsp3) is 0.875. The predicted octanol–water partition coefficient (Wildman–Crippen LogP) is 0.549. The fourth-order valence-corrected chi connectivity index (χ4v) is 1.14. The van der Waals surface area contributed by atoms with E-state index in [4.69, 9.17) is 9.47 Å². The Morgan fingerprint density at radius 2 is 2.31 bits per heavy atom. The lowest BCUT2D eigenvalue weighted by Gasteiger charge is -2.14. The molecule has 0 aliphatic rings. The van der Waals surface area contributed by atoms with Crippen LogP contribution in [0.4, 0.5) is 0 Å². The van der Waals surface area contributed by atoms with E-state index in [-0.39, 0.29) is 18.6 Å². The van der Waals surface area contributed by atoms with Gasteiger partial charge in [0.25, 0.3) is 0 Å². The largest absolute Gasteiger partial charge is 0.383 e. The van der Waals surface area contributed by atoms with Crippen molar-refractivity contribution in [2.24, 2.45) is 0 Å². The minimum atomic E-state index is -0.108. The van der Waals surface area contributed by atoms with Crippen LogP contribution in [-0.2, 0) is 14.3 Å². The molecule has 0 aliphatic carbocycles. The van der Waals surface area contributed by atoms with Gasteiger partial charge >= 0.3 is 0 Å². The highest BCUT2D eigenvalue weighted by Gasteiger charge is 2.09. The van der Waals surface area contributed by atoms with Gasteiger partial charge in [-0.25, -0.2) is 0 Å². The Morgan fingerprint density at radius 1 is 1.62 bits per heavy atom. The van der Waals surface area contributed by atoms with Crippen molar-refractivity contribution in [1.29, 1.82) is 0 Å². The van der Waals surface area contributed by atoms with Crippen LogP contribution in [0.1, 0.15) is 6.92 Å². The smallest absolute Gasteiger partial charge is 0.246 e. The van der Waals surface area contributed by atoms with Gasteiger partial charge in [-0.1, -0.05) is 15.9 Å². The van der Waals surface area contributed by atoms with E-state index in [0.29, 0.717) is 18.5 Å². The van der Waals surface area contributed by atoms with Gasteiger partial charge in [0.05, 0.1) is 12.6 Å². The van der Waals surface area contributed by atoms with Crippen LogP contribution in [0.3, 0.4) is 0 Å². The monoisotopic (exact) mass is 253 g/mol. The van der Waals surface area contributed by atoms with Crippen LogP contribution in [-0.4, -0.2) is 44.2 Å².